The van der Waals surface area contributed by atoms with Gasteiger partial charge in [0.25, 0.3) is 0 Å². The van der Waals surface area contributed by atoms with Gasteiger partial charge in [0, 0.05) is 0 Å². The molecule has 0 unspecified atom stereocenters. The fourth-order valence-corrected chi connectivity index (χ4v) is 1.32. The molecule has 0 saturated heterocycles. The highest BCUT2D eigenvalue weighted by Crippen LogP contribution is 2.27. The van der Waals surface area contributed by atoms with Crippen LogP contribution in [0, 0.1) is 11.6 Å². The molecule has 9 heteroatoms. The number of rotatable bonds is 1. The molecule has 0 aliphatic rings. The third-order valence-corrected chi connectivity index (χ3v) is 2.34. The minimum Gasteiger partial charge on any atom is -0.444 e. The molecule has 1 aromatic carbocycles. The number of amides is 2. The van der Waals surface area contributed by atoms with Crippen LogP contribution in [-0.2, 0) is 4.74 Å². The summed E-state index contributed by atoms with van der Waals surface area (Å²) in [5.41, 5.74) is 8.91. The molecule has 4 N–H and O–H groups in total. The summed E-state index contributed by atoms with van der Waals surface area (Å²) >= 11 is 2.64. The van der Waals surface area contributed by atoms with Crippen molar-refractivity contribution >= 4 is 28.1 Å². The number of carbonyl (C=O) groups is 2. The number of nitrogens with two attached hydrogens (primary N) is 2. The Balaban J connectivity index is 0.000000433. The summed E-state index contributed by atoms with van der Waals surface area (Å²) in [6, 6.07) is 1.92. The lowest BCUT2D eigenvalue weighted by molar-refractivity contribution is 0.0600. The molecular weight excluding hydrogens is 354 g/mol. The van der Waals surface area contributed by atoms with Crippen LogP contribution in [-0.4, -0.2) is 17.8 Å². The van der Waals surface area contributed by atoms with E-state index in [9.17, 15) is 18.4 Å². The molecule has 0 saturated carbocycles. The van der Waals surface area contributed by atoms with Gasteiger partial charge in [-0.3, -0.25) is 0 Å². The van der Waals surface area contributed by atoms with Crippen molar-refractivity contribution in [1.82, 2.24) is 0 Å². The van der Waals surface area contributed by atoms with Crippen LogP contribution in [0.15, 0.2) is 16.6 Å². The van der Waals surface area contributed by atoms with Crippen LogP contribution in [0.5, 0.6) is 5.75 Å². The number of halogens is 3. The van der Waals surface area contributed by atoms with Crippen molar-refractivity contribution in [2.75, 3.05) is 0 Å². The average Bonchev–Trinajstić information content (AvgIpc) is 2.27. The Morgan fingerprint density at radius 2 is 1.67 bits per heavy atom. The summed E-state index contributed by atoms with van der Waals surface area (Å²) in [5, 5.41) is 0. The maximum atomic E-state index is 13.0. The highest BCUT2D eigenvalue weighted by atomic mass is 79.9. The molecule has 2 amide bonds. The van der Waals surface area contributed by atoms with Crippen molar-refractivity contribution in [3.05, 3.63) is 28.2 Å². The Morgan fingerprint density at radius 3 is 2.00 bits per heavy atom. The van der Waals surface area contributed by atoms with Crippen LogP contribution in [0.2, 0.25) is 0 Å². The van der Waals surface area contributed by atoms with E-state index in [4.69, 9.17) is 5.73 Å². The molecule has 1 aromatic rings. The monoisotopic (exact) mass is 368 g/mol. The standard InChI is InChI=1S/C7H4BrF2NO2.C5H11NO2/c8-5-3(9)1-2-4(6(5)10)13-7(11)12;1-5(2,3)8-4(6)7/h1-2H,(H2,11,12);1-3H3,(H2,6,7). The van der Waals surface area contributed by atoms with Crippen LogP contribution in [0.3, 0.4) is 0 Å². The van der Waals surface area contributed by atoms with Crippen LogP contribution < -0.4 is 16.2 Å². The van der Waals surface area contributed by atoms with Gasteiger partial charge in [-0.25, -0.2) is 18.4 Å². The van der Waals surface area contributed by atoms with E-state index < -0.39 is 39.6 Å². The molecule has 1 rings (SSSR count). The summed E-state index contributed by atoms with van der Waals surface area (Å²) in [7, 11) is 0. The Kier molecular flexibility index (Phi) is 7.07. The maximum Gasteiger partial charge on any atom is 0.410 e. The lowest BCUT2D eigenvalue weighted by atomic mass is 10.2. The van der Waals surface area contributed by atoms with Crippen LogP contribution >= 0.6 is 15.9 Å². The molecule has 0 spiro atoms. The van der Waals surface area contributed by atoms with Crippen LogP contribution in [0.1, 0.15) is 20.8 Å². The molecule has 0 radical (unpaired) electrons. The molecule has 0 heterocycles. The zero-order valence-corrected chi connectivity index (χ0v) is 13.2. The Morgan fingerprint density at radius 1 is 1.14 bits per heavy atom. The first-order valence-corrected chi connectivity index (χ1v) is 6.32. The largest absolute Gasteiger partial charge is 0.444 e. The molecule has 0 atom stereocenters. The predicted molar refractivity (Wildman–Crippen MR) is 74.7 cm³/mol. The van der Waals surface area contributed by atoms with Gasteiger partial charge >= 0.3 is 12.2 Å². The first-order valence-electron chi connectivity index (χ1n) is 5.53. The molecule has 0 aliphatic carbocycles. The number of carbonyl (C=O) groups excluding carboxylic acids is 2. The first kappa shape index (κ1) is 19.1. The molecule has 21 heavy (non-hydrogen) atoms. The number of benzene rings is 1. The van der Waals surface area contributed by atoms with E-state index in [0.717, 1.165) is 12.1 Å². The van der Waals surface area contributed by atoms with Gasteiger partial charge in [0.2, 0.25) is 0 Å². The summed E-state index contributed by atoms with van der Waals surface area (Å²) in [4.78, 5) is 20.3. The number of primary amides is 2. The average molecular weight is 369 g/mol. The van der Waals surface area contributed by atoms with Crippen molar-refractivity contribution < 1.29 is 27.8 Å². The van der Waals surface area contributed by atoms with E-state index in [-0.39, 0.29) is 0 Å². The number of hydrogen-bond donors (Lipinski definition) is 2. The lowest BCUT2D eigenvalue weighted by Crippen LogP contribution is -2.27. The Labute approximate surface area is 128 Å². The predicted octanol–water partition coefficient (Wildman–Crippen LogP) is 3.07. The van der Waals surface area contributed by atoms with Gasteiger partial charge in [-0.1, -0.05) is 0 Å². The molecule has 6 nitrogen and oxygen atoms in total. The van der Waals surface area contributed by atoms with Crippen molar-refractivity contribution in [2.24, 2.45) is 11.5 Å². The van der Waals surface area contributed by atoms with Gasteiger partial charge in [0.15, 0.2) is 11.6 Å². The molecule has 0 fully saturated rings. The van der Waals surface area contributed by atoms with Crippen molar-refractivity contribution in [3.63, 3.8) is 0 Å². The first-order chi connectivity index (χ1) is 9.44. The Bertz CT molecular complexity index is 533. The summed E-state index contributed by atoms with van der Waals surface area (Å²) in [6.45, 7) is 5.28. The molecular formula is C12H15BrF2N2O4. The van der Waals surface area contributed by atoms with Crippen molar-refractivity contribution in [1.29, 1.82) is 0 Å². The minimum absolute atomic E-state index is 0.397. The smallest absolute Gasteiger partial charge is 0.410 e. The van der Waals surface area contributed by atoms with Crippen LogP contribution in [0.4, 0.5) is 18.4 Å². The number of hydrogen-bond acceptors (Lipinski definition) is 4. The number of ether oxygens (including phenoxy) is 2. The second-order valence-electron chi connectivity index (χ2n) is 4.63. The molecule has 0 bridgehead atoms. The van der Waals surface area contributed by atoms with Gasteiger partial charge in [-0.2, -0.15) is 0 Å². The van der Waals surface area contributed by atoms with Gasteiger partial charge in [-0.15, -0.1) is 0 Å². The van der Waals surface area contributed by atoms with Crippen molar-refractivity contribution in [3.8, 4) is 5.75 Å². The second-order valence-corrected chi connectivity index (χ2v) is 5.42. The van der Waals surface area contributed by atoms with Gasteiger partial charge < -0.3 is 20.9 Å². The third-order valence-electron chi connectivity index (χ3n) is 1.62. The fraction of sp³-hybridized carbons (Fsp3) is 0.333. The molecule has 118 valence electrons. The minimum atomic E-state index is -1.16. The van der Waals surface area contributed by atoms with E-state index in [1.807, 2.05) is 0 Å². The summed E-state index contributed by atoms with van der Waals surface area (Å²) in [5.74, 6) is -2.20. The Hall–Kier alpha value is -1.90. The van der Waals surface area contributed by atoms with Crippen molar-refractivity contribution in [2.45, 2.75) is 26.4 Å². The topological polar surface area (TPSA) is 105 Å². The molecule has 0 aromatic heterocycles. The van der Waals surface area contributed by atoms with E-state index in [1.165, 1.54) is 0 Å². The second kappa shape index (κ2) is 7.77. The van der Waals surface area contributed by atoms with Gasteiger partial charge in [0.05, 0.1) is 4.47 Å². The van der Waals surface area contributed by atoms with Gasteiger partial charge in [0.1, 0.15) is 11.4 Å². The zero-order chi connectivity index (χ0) is 16.8. The quantitative estimate of drug-likeness (QED) is 0.743. The zero-order valence-electron chi connectivity index (χ0n) is 11.6. The highest BCUT2D eigenvalue weighted by Gasteiger charge is 2.13. The van der Waals surface area contributed by atoms with E-state index in [1.54, 1.807) is 20.8 Å². The van der Waals surface area contributed by atoms with E-state index >= 15 is 0 Å². The lowest BCUT2D eigenvalue weighted by Gasteiger charge is -2.16. The normalized spacial score (nSPS) is 10.2. The fourth-order valence-electron chi connectivity index (χ4n) is 0.997. The van der Waals surface area contributed by atoms with Gasteiger partial charge in [-0.05, 0) is 48.8 Å². The third kappa shape index (κ3) is 8.08. The van der Waals surface area contributed by atoms with Crippen LogP contribution in [0.25, 0.3) is 0 Å². The highest BCUT2D eigenvalue weighted by molar-refractivity contribution is 9.10. The molecule has 0 aliphatic heterocycles. The van der Waals surface area contributed by atoms with E-state index in [0.29, 0.717) is 0 Å². The summed E-state index contributed by atoms with van der Waals surface area (Å²) in [6.07, 6.45) is -1.88. The van der Waals surface area contributed by atoms with E-state index in [2.05, 4.69) is 31.1 Å². The SMILES string of the molecule is CC(C)(C)OC(N)=O.NC(=O)Oc1ccc(F)c(Br)c1F. The maximum absolute atomic E-state index is 13.0. The summed E-state index contributed by atoms with van der Waals surface area (Å²) < 4.78 is 34.1.